The first-order chi connectivity index (χ1) is 13.9. The van der Waals surface area contributed by atoms with Crippen LogP contribution in [0.1, 0.15) is 39.9 Å². The highest BCUT2D eigenvalue weighted by Gasteiger charge is 2.18. The van der Waals surface area contributed by atoms with Crippen LogP contribution in [-0.2, 0) is 13.0 Å². The summed E-state index contributed by atoms with van der Waals surface area (Å²) in [4.78, 5) is 12.6. The zero-order chi connectivity index (χ0) is 20.8. The number of nitrogens with one attached hydrogen (secondary N) is 1. The van der Waals surface area contributed by atoms with Crippen molar-refractivity contribution in [2.45, 2.75) is 45.9 Å². The number of aliphatic hydroxyl groups excluding tert-OH is 1. The van der Waals surface area contributed by atoms with Crippen LogP contribution in [0.5, 0.6) is 5.75 Å². The van der Waals surface area contributed by atoms with Crippen LogP contribution in [0, 0.1) is 13.8 Å². The van der Waals surface area contributed by atoms with E-state index in [9.17, 15) is 9.90 Å². The van der Waals surface area contributed by atoms with Crippen molar-refractivity contribution in [2.24, 2.45) is 0 Å². The monoisotopic (exact) mass is 394 g/mol. The zero-order valence-corrected chi connectivity index (χ0v) is 16.9. The van der Waals surface area contributed by atoms with E-state index in [0.717, 1.165) is 22.6 Å². The summed E-state index contributed by atoms with van der Waals surface area (Å²) < 4.78 is 10.9. The highest BCUT2D eigenvalue weighted by atomic mass is 16.5. The van der Waals surface area contributed by atoms with Gasteiger partial charge in [0, 0.05) is 12.0 Å². The molecule has 3 rings (SSSR count). The molecule has 0 aliphatic heterocycles. The number of nitrogens with zero attached hydrogens (tertiary/aromatic N) is 1. The largest absolute Gasteiger partial charge is 0.489 e. The summed E-state index contributed by atoms with van der Waals surface area (Å²) in [5.41, 5.74) is 3.19. The summed E-state index contributed by atoms with van der Waals surface area (Å²) >= 11 is 0. The molecule has 0 saturated heterocycles. The first-order valence-corrected chi connectivity index (χ1v) is 9.61. The maximum absolute atomic E-state index is 12.6. The Morgan fingerprint density at radius 2 is 1.93 bits per heavy atom. The van der Waals surface area contributed by atoms with Crippen molar-refractivity contribution in [3.8, 4) is 5.75 Å². The fourth-order valence-corrected chi connectivity index (χ4v) is 3.01. The van der Waals surface area contributed by atoms with Crippen LogP contribution < -0.4 is 10.1 Å². The summed E-state index contributed by atoms with van der Waals surface area (Å²) in [5.74, 6) is 1.04. The van der Waals surface area contributed by atoms with Crippen molar-refractivity contribution in [1.29, 1.82) is 0 Å². The molecule has 0 radical (unpaired) electrons. The Hall–Kier alpha value is -3.12. The molecule has 6 nitrogen and oxygen atoms in total. The molecule has 1 aromatic heterocycles. The van der Waals surface area contributed by atoms with Gasteiger partial charge < -0.3 is 19.7 Å². The molecule has 2 aromatic carbocycles. The van der Waals surface area contributed by atoms with Crippen molar-refractivity contribution >= 4 is 5.91 Å². The van der Waals surface area contributed by atoms with E-state index in [2.05, 4.69) is 10.5 Å². The number of aromatic nitrogens is 1. The molecule has 3 aromatic rings. The van der Waals surface area contributed by atoms with Gasteiger partial charge in [-0.05, 0) is 44.5 Å². The van der Waals surface area contributed by atoms with Crippen molar-refractivity contribution in [3.63, 3.8) is 0 Å². The van der Waals surface area contributed by atoms with Crippen LogP contribution in [0.4, 0.5) is 0 Å². The van der Waals surface area contributed by atoms with Crippen molar-refractivity contribution in [2.75, 3.05) is 0 Å². The number of amides is 1. The van der Waals surface area contributed by atoms with Gasteiger partial charge in [-0.3, -0.25) is 4.79 Å². The fraction of sp³-hybridized carbons (Fsp3) is 0.304. The number of aryl methyl sites for hydroxylation is 2. The third-order valence-electron chi connectivity index (χ3n) is 4.88. The summed E-state index contributed by atoms with van der Waals surface area (Å²) in [6.45, 7) is 5.81. The number of hydrogen-bond acceptors (Lipinski definition) is 5. The summed E-state index contributed by atoms with van der Waals surface area (Å²) in [6, 6.07) is 16.3. The SMILES string of the molecule is Cc1noc(C)c1COc1cccc(C(=O)N[C@H](C)[C@H](O)Cc2ccccc2)c1. The molecule has 2 atom stereocenters. The first-order valence-electron chi connectivity index (χ1n) is 9.61. The second-order valence-corrected chi connectivity index (χ2v) is 7.14. The predicted octanol–water partition coefficient (Wildman–Crippen LogP) is 3.59. The third-order valence-corrected chi connectivity index (χ3v) is 4.88. The molecule has 1 heterocycles. The Morgan fingerprint density at radius 1 is 1.17 bits per heavy atom. The first kappa shape index (κ1) is 20.6. The zero-order valence-electron chi connectivity index (χ0n) is 16.9. The van der Waals surface area contributed by atoms with E-state index in [1.807, 2.05) is 44.2 Å². The smallest absolute Gasteiger partial charge is 0.251 e. The molecule has 0 saturated carbocycles. The minimum atomic E-state index is -0.680. The van der Waals surface area contributed by atoms with Crippen molar-refractivity contribution in [3.05, 3.63) is 82.7 Å². The Kier molecular flexibility index (Phi) is 6.67. The lowest BCUT2D eigenvalue weighted by Gasteiger charge is -2.20. The molecule has 0 fully saturated rings. The molecule has 0 unspecified atom stereocenters. The van der Waals surface area contributed by atoms with Crippen LogP contribution in [0.2, 0.25) is 0 Å². The number of carbonyl (C=O) groups is 1. The quantitative estimate of drug-likeness (QED) is 0.610. The van der Waals surface area contributed by atoms with Gasteiger partial charge in [-0.15, -0.1) is 0 Å². The van der Waals surface area contributed by atoms with Gasteiger partial charge >= 0.3 is 0 Å². The lowest BCUT2D eigenvalue weighted by molar-refractivity contribution is 0.0851. The van der Waals surface area contributed by atoms with Gasteiger partial charge in [0.15, 0.2) is 0 Å². The van der Waals surface area contributed by atoms with E-state index in [4.69, 9.17) is 9.26 Å². The van der Waals surface area contributed by atoms with Gasteiger partial charge in [0.1, 0.15) is 18.1 Å². The number of benzene rings is 2. The predicted molar refractivity (Wildman–Crippen MR) is 110 cm³/mol. The van der Waals surface area contributed by atoms with E-state index in [-0.39, 0.29) is 5.91 Å². The van der Waals surface area contributed by atoms with E-state index in [1.165, 1.54) is 0 Å². The lowest BCUT2D eigenvalue weighted by atomic mass is 10.0. The lowest BCUT2D eigenvalue weighted by Crippen LogP contribution is -2.42. The number of carbonyl (C=O) groups excluding carboxylic acids is 1. The Morgan fingerprint density at radius 3 is 2.62 bits per heavy atom. The highest BCUT2D eigenvalue weighted by Crippen LogP contribution is 2.19. The van der Waals surface area contributed by atoms with E-state index in [1.54, 1.807) is 31.2 Å². The Labute approximate surface area is 170 Å². The summed E-state index contributed by atoms with van der Waals surface area (Å²) in [7, 11) is 0. The van der Waals surface area contributed by atoms with Gasteiger partial charge in [-0.25, -0.2) is 0 Å². The Bertz CT molecular complexity index is 933. The average molecular weight is 394 g/mol. The minimum absolute atomic E-state index is 0.257. The summed E-state index contributed by atoms with van der Waals surface area (Å²) in [6.07, 6.45) is -0.205. The third kappa shape index (κ3) is 5.45. The van der Waals surface area contributed by atoms with Crippen LogP contribution >= 0.6 is 0 Å². The molecule has 29 heavy (non-hydrogen) atoms. The van der Waals surface area contributed by atoms with Crippen LogP contribution in [0.3, 0.4) is 0 Å². The highest BCUT2D eigenvalue weighted by molar-refractivity contribution is 5.94. The molecule has 152 valence electrons. The van der Waals surface area contributed by atoms with E-state index >= 15 is 0 Å². The number of aliphatic hydroxyl groups is 1. The molecule has 0 aliphatic rings. The molecule has 2 N–H and O–H groups in total. The van der Waals surface area contributed by atoms with E-state index in [0.29, 0.717) is 24.3 Å². The van der Waals surface area contributed by atoms with Crippen LogP contribution in [-0.4, -0.2) is 28.3 Å². The topological polar surface area (TPSA) is 84.6 Å². The van der Waals surface area contributed by atoms with Gasteiger partial charge in [0.25, 0.3) is 5.91 Å². The van der Waals surface area contributed by atoms with Crippen molar-refractivity contribution < 1.29 is 19.2 Å². The molecular weight excluding hydrogens is 368 g/mol. The molecule has 0 spiro atoms. The molecule has 6 heteroatoms. The number of ether oxygens (including phenoxy) is 1. The Balaban J connectivity index is 1.58. The normalized spacial score (nSPS) is 13.0. The van der Waals surface area contributed by atoms with Crippen LogP contribution in [0.25, 0.3) is 0 Å². The molecule has 0 bridgehead atoms. The number of hydrogen-bond donors (Lipinski definition) is 2. The fourth-order valence-electron chi connectivity index (χ4n) is 3.01. The standard InChI is InChI=1S/C23H26N2O4/c1-15-21(17(3)29-25-15)14-28-20-11-7-10-19(13-20)23(27)24-16(2)22(26)12-18-8-5-4-6-9-18/h4-11,13,16,22,26H,12,14H2,1-3H3,(H,24,27)/t16-,22-/m1/s1. The van der Waals surface area contributed by atoms with Gasteiger partial charge in [0.05, 0.1) is 23.4 Å². The van der Waals surface area contributed by atoms with Gasteiger partial charge in [-0.1, -0.05) is 41.6 Å². The maximum Gasteiger partial charge on any atom is 0.251 e. The summed E-state index contributed by atoms with van der Waals surface area (Å²) in [5, 5.41) is 17.2. The molecule has 1 amide bonds. The molecule has 0 aliphatic carbocycles. The average Bonchev–Trinajstić information content (AvgIpc) is 3.04. The maximum atomic E-state index is 12.6. The van der Waals surface area contributed by atoms with E-state index < -0.39 is 12.1 Å². The number of rotatable bonds is 8. The van der Waals surface area contributed by atoms with Crippen molar-refractivity contribution in [1.82, 2.24) is 10.5 Å². The second-order valence-electron chi connectivity index (χ2n) is 7.14. The van der Waals surface area contributed by atoms with Crippen LogP contribution in [0.15, 0.2) is 59.1 Å². The second kappa shape index (κ2) is 9.39. The van der Waals surface area contributed by atoms with Gasteiger partial charge in [0.2, 0.25) is 0 Å². The molecular formula is C23H26N2O4. The van der Waals surface area contributed by atoms with Gasteiger partial charge in [-0.2, -0.15) is 0 Å². The minimum Gasteiger partial charge on any atom is -0.489 e.